The maximum Gasteiger partial charge on any atom is 0.234 e. The fraction of sp³-hybridized carbons (Fsp3) is 0.727. The highest BCUT2D eigenvalue weighted by atomic mass is 32.2. The number of carbonyl (C=O) groups is 2. The molecule has 0 saturated carbocycles. The van der Waals surface area contributed by atoms with Crippen LogP contribution in [-0.2, 0) is 9.59 Å². The second kappa shape index (κ2) is 6.19. The molecule has 2 N–H and O–H groups in total. The molecule has 0 radical (unpaired) electrons. The Hall–Kier alpha value is -1.08. The first-order valence-electron chi connectivity index (χ1n) is 6.11. The molecular formula is C11H18N4O2S. The standard InChI is InChI=1S/C11H18N4O2S/c1-2-9(15-4-3-12-6-15)14-10(16)5-8-11(17)13-7-18-8/h3,8-9H,2,4-7H2,1H3,(H,13,17)(H,14,16). The van der Waals surface area contributed by atoms with Crippen LogP contribution in [0.5, 0.6) is 0 Å². The number of nitrogens with zero attached hydrogens (tertiary/aromatic N) is 2. The van der Waals surface area contributed by atoms with Crippen molar-refractivity contribution in [3.05, 3.63) is 0 Å². The molecule has 2 heterocycles. The van der Waals surface area contributed by atoms with E-state index in [1.54, 1.807) is 0 Å². The number of carbonyl (C=O) groups excluding carboxylic acids is 2. The zero-order valence-electron chi connectivity index (χ0n) is 10.4. The molecule has 0 aliphatic carbocycles. The summed E-state index contributed by atoms with van der Waals surface area (Å²) in [5.41, 5.74) is 0. The monoisotopic (exact) mass is 270 g/mol. The van der Waals surface area contributed by atoms with Gasteiger partial charge in [-0.1, -0.05) is 6.92 Å². The third kappa shape index (κ3) is 3.23. The first-order chi connectivity index (χ1) is 8.70. The summed E-state index contributed by atoms with van der Waals surface area (Å²) in [6, 6.07) is 0. The topological polar surface area (TPSA) is 73.8 Å². The van der Waals surface area contributed by atoms with E-state index in [1.807, 2.05) is 13.1 Å². The number of nitrogens with one attached hydrogen (secondary N) is 2. The second-order valence-corrected chi connectivity index (χ2v) is 5.51. The Balaban J connectivity index is 1.79. The van der Waals surface area contributed by atoms with Crippen LogP contribution in [0, 0.1) is 0 Å². The minimum absolute atomic E-state index is 0.00876. The molecule has 0 bridgehead atoms. The average molecular weight is 270 g/mol. The van der Waals surface area contributed by atoms with E-state index in [-0.39, 0.29) is 29.7 Å². The van der Waals surface area contributed by atoms with Gasteiger partial charge < -0.3 is 10.6 Å². The lowest BCUT2D eigenvalue weighted by atomic mass is 10.2. The van der Waals surface area contributed by atoms with Crippen LogP contribution in [-0.4, -0.2) is 53.4 Å². The molecule has 1 saturated heterocycles. The van der Waals surface area contributed by atoms with E-state index in [0.717, 1.165) is 13.0 Å². The van der Waals surface area contributed by atoms with Gasteiger partial charge in [-0.15, -0.1) is 11.8 Å². The fourth-order valence-electron chi connectivity index (χ4n) is 2.03. The first-order valence-corrected chi connectivity index (χ1v) is 7.16. The molecule has 7 heteroatoms. The van der Waals surface area contributed by atoms with Crippen molar-refractivity contribution in [3.8, 4) is 0 Å². The lowest BCUT2D eigenvalue weighted by Crippen LogP contribution is -2.47. The van der Waals surface area contributed by atoms with Crippen molar-refractivity contribution in [1.82, 2.24) is 15.5 Å². The van der Waals surface area contributed by atoms with Crippen LogP contribution in [0.15, 0.2) is 4.99 Å². The maximum atomic E-state index is 11.9. The Morgan fingerprint density at radius 1 is 1.78 bits per heavy atom. The summed E-state index contributed by atoms with van der Waals surface area (Å²) in [7, 11) is 0. The van der Waals surface area contributed by atoms with E-state index >= 15 is 0 Å². The van der Waals surface area contributed by atoms with Crippen molar-refractivity contribution in [3.63, 3.8) is 0 Å². The van der Waals surface area contributed by atoms with Crippen molar-refractivity contribution in [2.45, 2.75) is 31.2 Å². The van der Waals surface area contributed by atoms with Crippen LogP contribution in [0.4, 0.5) is 0 Å². The summed E-state index contributed by atoms with van der Waals surface area (Å²) in [4.78, 5) is 29.5. The quantitative estimate of drug-likeness (QED) is 0.723. The third-order valence-corrected chi connectivity index (χ3v) is 4.15. The van der Waals surface area contributed by atoms with Crippen molar-refractivity contribution in [1.29, 1.82) is 0 Å². The summed E-state index contributed by atoms with van der Waals surface area (Å²) in [6.45, 7) is 3.44. The molecule has 2 amide bonds. The van der Waals surface area contributed by atoms with E-state index in [0.29, 0.717) is 12.5 Å². The van der Waals surface area contributed by atoms with Gasteiger partial charge in [-0.3, -0.25) is 19.5 Å². The smallest absolute Gasteiger partial charge is 0.234 e. The lowest BCUT2D eigenvalue weighted by molar-refractivity contribution is -0.126. The number of hydrogen-bond acceptors (Lipinski definition) is 5. The predicted molar refractivity (Wildman–Crippen MR) is 71.3 cm³/mol. The second-order valence-electron chi connectivity index (χ2n) is 4.31. The molecule has 2 unspecified atom stereocenters. The fourth-order valence-corrected chi connectivity index (χ4v) is 2.96. The van der Waals surface area contributed by atoms with Crippen molar-refractivity contribution >= 4 is 29.8 Å². The Morgan fingerprint density at radius 3 is 3.17 bits per heavy atom. The van der Waals surface area contributed by atoms with Gasteiger partial charge in [0.2, 0.25) is 11.8 Å². The normalized spacial score (nSPS) is 25.2. The number of thioether (sulfide) groups is 1. The molecule has 0 spiro atoms. The van der Waals surface area contributed by atoms with Gasteiger partial charge in [-0.2, -0.15) is 0 Å². The average Bonchev–Trinajstić information content (AvgIpc) is 2.99. The summed E-state index contributed by atoms with van der Waals surface area (Å²) in [5, 5.41) is 5.44. The number of rotatable bonds is 5. The zero-order chi connectivity index (χ0) is 13.0. The molecule has 18 heavy (non-hydrogen) atoms. The van der Waals surface area contributed by atoms with Gasteiger partial charge in [0.05, 0.1) is 24.0 Å². The minimum atomic E-state index is -0.239. The van der Waals surface area contributed by atoms with Crippen LogP contribution < -0.4 is 10.6 Å². The third-order valence-electron chi connectivity index (χ3n) is 3.06. The predicted octanol–water partition coefficient (Wildman–Crippen LogP) is -0.238. The highest BCUT2D eigenvalue weighted by molar-refractivity contribution is 8.01. The summed E-state index contributed by atoms with van der Waals surface area (Å²) in [5.74, 6) is 0.504. The van der Waals surface area contributed by atoms with E-state index in [9.17, 15) is 9.59 Å². The zero-order valence-corrected chi connectivity index (χ0v) is 11.2. The summed E-state index contributed by atoms with van der Waals surface area (Å²) >= 11 is 1.49. The van der Waals surface area contributed by atoms with Crippen molar-refractivity contribution < 1.29 is 9.59 Å². The molecule has 1 fully saturated rings. The molecule has 2 aliphatic heterocycles. The van der Waals surface area contributed by atoms with Crippen LogP contribution in [0.3, 0.4) is 0 Å². The van der Waals surface area contributed by atoms with Crippen LogP contribution in [0.2, 0.25) is 0 Å². The number of hydrogen-bond donors (Lipinski definition) is 2. The molecule has 6 nitrogen and oxygen atoms in total. The molecule has 2 atom stereocenters. The molecular weight excluding hydrogens is 252 g/mol. The van der Waals surface area contributed by atoms with E-state index in [4.69, 9.17) is 0 Å². The van der Waals surface area contributed by atoms with Crippen molar-refractivity contribution in [2.24, 2.45) is 4.99 Å². The van der Waals surface area contributed by atoms with E-state index in [2.05, 4.69) is 20.5 Å². The Morgan fingerprint density at radius 2 is 2.61 bits per heavy atom. The summed E-state index contributed by atoms with van der Waals surface area (Å²) in [6.07, 6.45) is 2.95. The SMILES string of the molecule is CCC(NC(=O)CC1SCNC1=O)N1CC=NC1. The molecule has 2 rings (SSSR count). The lowest BCUT2D eigenvalue weighted by Gasteiger charge is -2.26. The largest absolute Gasteiger partial charge is 0.346 e. The Labute approximate surface area is 111 Å². The van der Waals surface area contributed by atoms with Gasteiger partial charge in [0.15, 0.2) is 0 Å². The van der Waals surface area contributed by atoms with Crippen LogP contribution in [0.1, 0.15) is 19.8 Å². The maximum absolute atomic E-state index is 11.9. The number of aliphatic imine (C=N–C) groups is 1. The van der Waals surface area contributed by atoms with Gasteiger partial charge in [0.1, 0.15) is 0 Å². The van der Waals surface area contributed by atoms with E-state index < -0.39 is 0 Å². The summed E-state index contributed by atoms with van der Waals surface area (Å²) < 4.78 is 0. The van der Waals surface area contributed by atoms with Gasteiger partial charge in [-0.05, 0) is 6.42 Å². The molecule has 100 valence electrons. The van der Waals surface area contributed by atoms with Gasteiger partial charge in [0, 0.05) is 19.2 Å². The highest BCUT2D eigenvalue weighted by Gasteiger charge is 2.28. The van der Waals surface area contributed by atoms with Gasteiger partial charge in [-0.25, -0.2) is 0 Å². The van der Waals surface area contributed by atoms with Crippen LogP contribution >= 0.6 is 11.8 Å². The first kappa shape index (κ1) is 13.4. The van der Waals surface area contributed by atoms with Crippen molar-refractivity contribution in [2.75, 3.05) is 19.1 Å². The highest BCUT2D eigenvalue weighted by Crippen LogP contribution is 2.19. The molecule has 0 aromatic carbocycles. The number of amides is 2. The minimum Gasteiger partial charge on any atom is -0.346 e. The molecule has 0 aromatic rings. The van der Waals surface area contributed by atoms with Gasteiger partial charge >= 0.3 is 0 Å². The molecule has 2 aliphatic rings. The molecule has 0 aromatic heterocycles. The van der Waals surface area contributed by atoms with E-state index in [1.165, 1.54) is 11.8 Å². The Kier molecular flexibility index (Phi) is 4.60. The van der Waals surface area contributed by atoms with Gasteiger partial charge in [0.25, 0.3) is 0 Å². The Bertz CT molecular complexity index is 353. The van der Waals surface area contributed by atoms with Crippen LogP contribution in [0.25, 0.3) is 0 Å².